The van der Waals surface area contributed by atoms with Crippen LogP contribution in [-0.4, -0.2) is 44.3 Å². The summed E-state index contributed by atoms with van der Waals surface area (Å²) < 4.78 is 11.3. The van der Waals surface area contributed by atoms with E-state index < -0.39 is 0 Å². The molecule has 1 saturated heterocycles. The van der Waals surface area contributed by atoms with Gasteiger partial charge in [0.1, 0.15) is 18.1 Å². The summed E-state index contributed by atoms with van der Waals surface area (Å²) in [7, 11) is 1.70. The number of hydrogen-bond acceptors (Lipinski definition) is 4. The number of rotatable bonds is 8. The third kappa shape index (κ3) is 4.35. The molecule has 1 saturated carbocycles. The van der Waals surface area contributed by atoms with E-state index in [0.717, 1.165) is 31.2 Å². The topological polar surface area (TPSA) is 33.7 Å². The first-order chi connectivity index (χ1) is 10.3. The molecule has 0 atom stereocenters. The Morgan fingerprint density at radius 1 is 1.24 bits per heavy atom. The summed E-state index contributed by atoms with van der Waals surface area (Å²) in [6, 6.07) is 6.84. The lowest BCUT2D eigenvalue weighted by molar-refractivity contribution is 0.235. The fraction of sp³-hybridized carbons (Fsp3) is 0.647. The molecule has 3 rings (SSSR count). The lowest BCUT2D eigenvalue weighted by Crippen LogP contribution is -2.25. The quantitative estimate of drug-likeness (QED) is 0.797. The first-order valence-corrected chi connectivity index (χ1v) is 8.10. The van der Waals surface area contributed by atoms with Crippen LogP contribution in [0, 0.1) is 0 Å². The highest BCUT2D eigenvalue weighted by Crippen LogP contribution is 2.26. The molecule has 1 aromatic rings. The van der Waals surface area contributed by atoms with Crippen LogP contribution in [0.4, 0.5) is 0 Å². The summed E-state index contributed by atoms with van der Waals surface area (Å²) in [4.78, 5) is 2.47. The first-order valence-electron chi connectivity index (χ1n) is 8.10. The molecule has 116 valence electrons. The van der Waals surface area contributed by atoms with Gasteiger partial charge in [-0.15, -0.1) is 0 Å². The predicted molar refractivity (Wildman–Crippen MR) is 84.0 cm³/mol. The highest BCUT2D eigenvalue weighted by Gasteiger charge is 2.20. The van der Waals surface area contributed by atoms with Gasteiger partial charge in [-0.3, -0.25) is 4.90 Å². The van der Waals surface area contributed by atoms with Gasteiger partial charge in [-0.2, -0.15) is 0 Å². The van der Waals surface area contributed by atoms with Gasteiger partial charge in [0, 0.05) is 30.8 Å². The van der Waals surface area contributed by atoms with Crippen molar-refractivity contribution in [2.45, 2.75) is 38.3 Å². The second-order valence-electron chi connectivity index (χ2n) is 6.03. The maximum Gasteiger partial charge on any atom is 0.127 e. The first kappa shape index (κ1) is 14.7. The summed E-state index contributed by atoms with van der Waals surface area (Å²) in [6.45, 7) is 5.10. The standard InChI is InChI=1S/C17H26N2O2/c1-20-16-7-4-14(13-18-15-5-6-15)17(12-16)21-11-10-19-8-2-3-9-19/h4,7,12,15,18H,2-3,5-6,8-11,13H2,1H3. The number of nitrogens with zero attached hydrogens (tertiary/aromatic N) is 1. The molecule has 2 aliphatic rings. The second-order valence-corrected chi connectivity index (χ2v) is 6.03. The summed E-state index contributed by atoms with van der Waals surface area (Å²) >= 11 is 0. The summed E-state index contributed by atoms with van der Waals surface area (Å²) in [6.07, 6.45) is 5.27. The molecule has 1 N–H and O–H groups in total. The van der Waals surface area contributed by atoms with Crippen LogP contribution in [0.5, 0.6) is 11.5 Å². The van der Waals surface area contributed by atoms with Crippen molar-refractivity contribution in [1.82, 2.24) is 10.2 Å². The maximum atomic E-state index is 6.03. The molecule has 0 radical (unpaired) electrons. The van der Waals surface area contributed by atoms with E-state index in [0.29, 0.717) is 6.04 Å². The molecule has 4 nitrogen and oxygen atoms in total. The SMILES string of the molecule is COc1ccc(CNC2CC2)c(OCCN2CCCC2)c1. The lowest BCUT2D eigenvalue weighted by atomic mass is 10.2. The van der Waals surface area contributed by atoms with Crippen LogP contribution in [0.3, 0.4) is 0 Å². The van der Waals surface area contributed by atoms with Crippen molar-refractivity contribution in [1.29, 1.82) is 0 Å². The van der Waals surface area contributed by atoms with Gasteiger partial charge >= 0.3 is 0 Å². The summed E-state index contributed by atoms with van der Waals surface area (Å²) in [5, 5.41) is 3.55. The second kappa shape index (κ2) is 7.14. The Kier molecular flexibility index (Phi) is 4.99. The molecular weight excluding hydrogens is 264 g/mol. The zero-order chi connectivity index (χ0) is 14.5. The monoisotopic (exact) mass is 290 g/mol. The number of hydrogen-bond donors (Lipinski definition) is 1. The van der Waals surface area contributed by atoms with Crippen molar-refractivity contribution in [3.63, 3.8) is 0 Å². The van der Waals surface area contributed by atoms with Crippen molar-refractivity contribution in [3.8, 4) is 11.5 Å². The minimum absolute atomic E-state index is 0.713. The van der Waals surface area contributed by atoms with E-state index in [9.17, 15) is 0 Å². The number of benzene rings is 1. The van der Waals surface area contributed by atoms with E-state index in [1.54, 1.807) is 7.11 Å². The Hall–Kier alpha value is -1.26. The molecule has 1 heterocycles. The maximum absolute atomic E-state index is 6.03. The van der Waals surface area contributed by atoms with E-state index in [1.165, 1.54) is 44.3 Å². The van der Waals surface area contributed by atoms with Gasteiger partial charge in [-0.05, 0) is 44.8 Å². The number of ether oxygens (including phenoxy) is 2. The molecule has 1 aliphatic heterocycles. The molecule has 0 spiro atoms. The van der Waals surface area contributed by atoms with E-state index >= 15 is 0 Å². The molecule has 1 aromatic carbocycles. The third-order valence-corrected chi connectivity index (χ3v) is 4.30. The van der Waals surface area contributed by atoms with Crippen LogP contribution < -0.4 is 14.8 Å². The molecule has 0 amide bonds. The average molecular weight is 290 g/mol. The van der Waals surface area contributed by atoms with E-state index in [-0.39, 0.29) is 0 Å². The van der Waals surface area contributed by atoms with E-state index in [4.69, 9.17) is 9.47 Å². The van der Waals surface area contributed by atoms with Crippen LogP contribution in [0.25, 0.3) is 0 Å². The van der Waals surface area contributed by atoms with Gasteiger partial charge in [0.05, 0.1) is 7.11 Å². The Labute approximate surface area is 127 Å². The van der Waals surface area contributed by atoms with Gasteiger partial charge < -0.3 is 14.8 Å². The molecular formula is C17H26N2O2. The van der Waals surface area contributed by atoms with Crippen molar-refractivity contribution >= 4 is 0 Å². The lowest BCUT2D eigenvalue weighted by Gasteiger charge is -2.17. The smallest absolute Gasteiger partial charge is 0.127 e. The minimum atomic E-state index is 0.713. The van der Waals surface area contributed by atoms with Crippen LogP contribution >= 0.6 is 0 Å². The van der Waals surface area contributed by atoms with Gasteiger partial charge in [-0.25, -0.2) is 0 Å². The van der Waals surface area contributed by atoms with Crippen molar-refractivity contribution in [2.75, 3.05) is 33.4 Å². The Morgan fingerprint density at radius 2 is 2.05 bits per heavy atom. The normalized spacial score (nSPS) is 18.9. The average Bonchev–Trinajstić information content (AvgIpc) is 3.20. The van der Waals surface area contributed by atoms with Crippen LogP contribution in [0.15, 0.2) is 18.2 Å². The minimum Gasteiger partial charge on any atom is -0.497 e. The van der Waals surface area contributed by atoms with Crippen LogP contribution in [0.2, 0.25) is 0 Å². The largest absolute Gasteiger partial charge is 0.497 e. The van der Waals surface area contributed by atoms with Gasteiger partial charge in [0.15, 0.2) is 0 Å². The number of methoxy groups -OCH3 is 1. The van der Waals surface area contributed by atoms with Crippen molar-refractivity contribution in [2.24, 2.45) is 0 Å². The molecule has 4 heteroatoms. The zero-order valence-electron chi connectivity index (χ0n) is 12.9. The molecule has 0 unspecified atom stereocenters. The molecule has 0 aromatic heterocycles. The van der Waals surface area contributed by atoms with Gasteiger partial charge in [0.2, 0.25) is 0 Å². The summed E-state index contributed by atoms with van der Waals surface area (Å²) in [5.41, 5.74) is 1.23. The highest BCUT2D eigenvalue weighted by molar-refractivity contribution is 5.40. The van der Waals surface area contributed by atoms with E-state index in [1.807, 2.05) is 12.1 Å². The molecule has 21 heavy (non-hydrogen) atoms. The van der Waals surface area contributed by atoms with Crippen molar-refractivity contribution < 1.29 is 9.47 Å². The molecule has 1 aliphatic carbocycles. The van der Waals surface area contributed by atoms with Gasteiger partial charge in [-0.1, -0.05) is 6.07 Å². The number of likely N-dealkylation sites (tertiary alicyclic amines) is 1. The highest BCUT2D eigenvalue weighted by atomic mass is 16.5. The summed E-state index contributed by atoms with van der Waals surface area (Å²) in [5.74, 6) is 1.82. The predicted octanol–water partition coefficient (Wildman–Crippen LogP) is 2.42. The van der Waals surface area contributed by atoms with Crippen LogP contribution in [0.1, 0.15) is 31.2 Å². The van der Waals surface area contributed by atoms with Crippen molar-refractivity contribution in [3.05, 3.63) is 23.8 Å². The molecule has 0 bridgehead atoms. The Bertz CT molecular complexity index is 454. The van der Waals surface area contributed by atoms with E-state index in [2.05, 4.69) is 16.3 Å². The number of nitrogens with one attached hydrogen (secondary N) is 1. The third-order valence-electron chi connectivity index (χ3n) is 4.30. The Balaban J connectivity index is 1.56. The zero-order valence-corrected chi connectivity index (χ0v) is 12.9. The fourth-order valence-corrected chi connectivity index (χ4v) is 2.77. The fourth-order valence-electron chi connectivity index (χ4n) is 2.77. The molecule has 2 fully saturated rings. The van der Waals surface area contributed by atoms with Crippen LogP contribution in [-0.2, 0) is 6.54 Å². The Morgan fingerprint density at radius 3 is 2.76 bits per heavy atom. The van der Waals surface area contributed by atoms with Gasteiger partial charge in [0.25, 0.3) is 0 Å².